The van der Waals surface area contributed by atoms with Crippen molar-refractivity contribution in [3.63, 3.8) is 0 Å². The van der Waals surface area contributed by atoms with Crippen molar-refractivity contribution in [3.05, 3.63) is 59.7 Å². The van der Waals surface area contributed by atoms with E-state index in [4.69, 9.17) is 10.5 Å². The second kappa shape index (κ2) is 5.55. The molecule has 0 radical (unpaired) electrons. The van der Waals surface area contributed by atoms with Gasteiger partial charge in [-0.1, -0.05) is 30.3 Å². The Balaban J connectivity index is 1.79. The first-order chi connectivity index (χ1) is 9.74. The maximum absolute atomic E-state index is 10.4. The van der Waals surface area contributed by atoms with Gasteiger partial charge in [-0.05, 0) is 48.1 Å². The van der Waals surface area contributed by atoms with Crippen molar-refractivity contribution in [2.75, 3.05) is 12.3 Å². The number of hydrogen-bond donors (Lipinski definition) is 2. The smallest absolute Gasteiger partial charge is 0.122 e. The minimum Gasteiger partial charge on any atom is -0.493 e. The standard InChI is InChI=1S/C17H19NO2/c18-14-5-3-4-13(10-14)16(19)11-12-8-9-20-17-7-2-1-6-15(12)17/h1-7,10,12,16,19H,8-9,11,18H2. The Hall–Kier alpha value is -2.00. The van der Waals surface area contributed by atoms with Crippen LogP contribution < -0.4 is 10.5 Å². The van der Waals surface area contributed by atoms with Crippen LogP contribution in [0, 0.1) is 0 Å². The third kappa shape index (κ3) is 2.63. The fraction of sp³-hybridized carbons (Fsp3) is 0.294. The minimum atomic E-state index is -0.491. The van der Waals surface area contributed by atoms with Crippen LogP contribution in [0.4, 0.5) is 5.69 Å². The van der Waals surface area contributed by atoms with Crippen LogP contribution in [-0.4, -0.2) is 11.7 Å². The average molecular weight is 269 g/mol. The maximum atomic E-state index is 10.4. The van der Waals surface area contributed by atoms with Gasteiger partial charge in [0.2, 0.25) is 0 Å². The summed E-state index contributed by atoms with van der Waals surface area (Å²) in [5.41, 5.74) is 8.54. The molecule has 2 aromatic carbocycles. The van der Waals surface area contributed by atoms with E-state index in [2.05, 4.69) is 6.07 Å². The predicted molar refractivity (Wildman–Crippen MR) is 79.7 cm³/mol. The molecule has 3 nitrogen and oxygen atoms in total. The van der Waals surface area contributed by atoms with E-state index in [0.29, 0.717) is 24.6 Å². The van der Waals surface area contributed by atoms with E-state index >= 15 is 0 Å². The zero-order chi connectivity index (χ0) is 13.9. The van der Waals surface area contributed by atoms with Crippen LogP contribution in [-0.2, 0) is 0 Å². The van der Waals surface area contributed by atoms with E-state index in [1.54, 1.807) is 0 Å². The third-order valence-electron chi connectivity index (χ3n) is 3.89. The molecule has 0 aliphatic carbocycles. The summed E-state index contributed by atoms with van der Waals surface area (Å²) in [6.45, 7) is 0.714. The number of fused-ring (bicyclic) bond motifs is 1. The van der Waals surface area contributed by atoms with Gasteiger partial charge < -0.3 is 15.6 Å². The Bertz CT molecular complexity index is 597. The molecule has 3 heteroatoms. The summed E-state index contributed by atoms with van der Waals surface area (Å²) in [6, 6.07) is 15.6. The van der Waals surface area contributed by atoms with Gasteiger partial charge in [0.1, 0.15) is 5.75 Å². The molecule has 0 saturated carbocycles. The molecule has 0 saturated heterocycles. The van der Waals surface area contributed by atoms with Crippen LogP contribution in [0.15, 0.2) is 48.5 Å². The number of anilines is 1. The summed E-state index contributed by atoms with van der Waals surface area (Å²) in [5, 5.41) is 10.4. The van der Waals surface area contributed by atoms with Gasteiger partial charge >= 0.3 is 0 Å². The van der Waals surface area contributed by atoms with Crippen molar-refractivity contribution < 1.29 is 9.84 Å². The van der Waals surface area contributed by atoms with Crippen LogP contribution in [0.2, 0.25) is 0 Å². The maximum Gasteiger partial charge on any atom is 0.122 e. The van der Waals surface area contributed by atoms with Gasteiger partial charge in [0.25, 0.3) is 0 Å². The number of hydrogen-bond acceptors (Lipinski definition) is 3. The summed E-state index contributed by atoms with van der Waals surface area (Å²) in [6.07, 6.45) is 1.15. The molecule has 104 valence electrons. The molecule has 2 atom stereocenters. The Labute approximate surface area is 119 Å². The first kappa shape index (κ1) is 13.0. The van der Waals surface area contributed by atoms with Crippen LogP contribution in [0.1, 0.15) is 36.0 Å². The number of ether oxygens (including phenoxy) is 1. The second-order valence-corrected chi connectivity index (χ2v) is 5.29. The lowest BCUT2D eigenvalue weighted by atomic mass is 9.86. The second-order valence-electron chi connectivity index (χ2n) is 5.29. The lowest BCUT2D eigenvalue weighted by molar-refractivity contribution is 0.145. The highest BCUT2D eigenvalue weighted by atomic mass is 16.5. The number of nitrogens with two attached hydrogens (primary N) is 1. The van der Waals surface area contributed by atoms with Gasteiger partial charge in [0, 0.05) is 5.69 Å². The molecular formula is C17H19NO2. The molecule has 2 aromatic rings. The molecule has 3 rings (SSSR count). The van der Waals surface area contributed by atoms with Gasteiger partial charge in [0.05, 0.1) is 12.7 Å². The Morgan fingerprint density at radius 3 is 2.90 bits per heavy atom. The van der Waals surface area contributed by atoms with Gasteiger partial charge in [0.15, 0.2) is 0 Å². The average Bonchev–Trinajstić information content (AvgIpc) is 2.47. The predicted octanol–water partition coefficient (Wildman–Crippen LogP) is 3.26. The fourth-order valence-electron chi connectivity index (χ4n) is 2.83. The van der Waals surface area contributed by atoms with Gasteiger partial charge in [-0.3, -0.25) is 0 Å². The van der Waals surface area contributed by atoms with Crippen LogP contribution in [0.5, 0.6) is 5.75 Å². The zero-order valence-electron chi connectivity index (χ0n) is 11.3. The molecule has 1 aliphatic rings. The first-order valence-electron chi connectivity index (χ1n) is 6.99. The van der Waals surface area contributed by atoms with E-state index in [1.165, 1.54) is 5.56 Å². The van der Waals surface area contributed by atoms with E-state index in [1.807, 2.05) is 42.5 Å². The topological polar surface area (TPSA) is 55.5 Å². The van der Waals surface area contributed by atoms with Crippen LogP contribution in [0.3, 0.4) is 0 Å². The molecule has 1 aliphatic heterocycles. The Morgan fingerprint density at radius 2 is 2.05 bits per heavy atom. The number of nitrogen functional groups attached to an aromatic ring is 1. The molecule has 1 heterocycles. The van der Waals surface area contributed by atoms with Crippen molar-refractivity contribution in [1.82, 2.24) is 0 Å². The van der Waals surface area contributed by atoms with Gasteiger partial charge in [-0.15, -0.1) is 0 Å². The monoisotopic (exact) mass is 269 g/mol. The summed E-state index contributed by atoms with van der Waals surface area (Å²) in [4.78, 5) is 0. The normalized spacial score (nSPS) is 18.9. The number of aliphatic hydroxyl groups excluding tert-OH is 1. The van der Waals surface area contributed by atoms with E-state index in [-0.39, 0.29) is 0 Å². The van der Waals surface area contributed by atoms with E-state index in [9.17, 15) is 5.11 Å². The lowest BCUT2D eigenvalue weighted by Crippen LogP contribution is -2.16. The largest absolute Gasteiger partial charge is 0.493 e. The van der Waals surface area contributed by atoms with Crippen molar-refractivity contribution in [1.29, 1.82) is 0 Å². The third-order valence-corrected chi connectivity index (χ3v) is 3.89. The highest BCUT2D eigenvalue weighted by Gasteiger charge is 2.24. The molecule has 0 spiro atoms. The summed E-state index contributed by atoms with van der Waals surface area (Å²) in [7, 11) is 0. The quantitative estimate of drug-likeness (QED) is 0.841. The Morgan fingerprint density at radius 1 is 1.20 bits per heavy atom. The van der Waals surface area contributed by atoms with Crippen molar-refractivity contribution in [3.8, 4) is 5.75 Å². The molecule has 3 N–H and O–H groups in total. The van der Waals surface area contributed by atoms with Crippen molar-refractivity contribution in [2.24, 2.45) is 0 Å². The van der Waals surface area contributed by atoms with E-state index in [0.717, 1.165) is 17.7 Å². The summed E-state index contributed by atoms with van der Waals surface area (Å²) < 4.78 is 5.66. The number of rotatable bonds is 3. The van der Waals surface area contributed by atoms with Crippen molar-refractivity contribution >= 4 is 5.69 Å². The Kier molecular flexibility index (Phi) is 3.61. The van der Waals surface area contributed by atoms with Crippen molar-refractivity contribution in [2.45, 2.75) is 24.9 Å². The van der Waals surface area contributed by atoms with Gasteiger partial charge in [-0.2, -0.15) is 0 Å². The molecule has 0 amide bonds. The number of para-hydroxylation sites is 1. The van der Waals surface area contributed by atoms with Gasteiger partial charge in [-0.25, -0.2) is 0 Å². The molecule has 20 heavy (non-hydrogen) atoms. The molecule has 2 unspecified atom stereocenters. The molecule has 0 bridgehead atoms. The lowest BCUT2D eigenvalue weighted by Gasteiger charge is -2.27. The highest BCUT2D eigenvalue weighted by molar-refractivity contribution is 5.42. The summed E-state index contributed by atoms with van der Waals surface area (Å²) >= 11 is 0. The SMILES string of the molecule is Nc1cccc(C(O)CC2CCOc3ccccc32)c1. The van der Waals surface area contributed by atoms with Crippen LogP contribution in [0.25, 0.3) is 0 Å². The molecular weight excluding hydrogens is 250 g/mol. The highest BCUT2D eigenvalue weighted by Crippen LogP contribution is 2.38. The molecule has 0 aromatic heterocycles. The molecule has 0 fully saturated rings. The van der Waals surface area contributed by atoms with E-state index < -0.39 is 6.10 Å². The number of aliphatic hydroxyl groups is 1. The summed E-state index contributed by atoms with van der Waals surface area (Å²) in [5.74, 6) is 1.28. The fourth-order valence-corrected chi connectivity index (χ4v) is 2.83. The van der Waals surface area contributed by atoms with Crippen LogP contribution >= 0.6 is 0 Å². The first-order valence-corrected chi connectivity index (χ1v) is 6.99. The zero-order valence-corrected chi connectivity index (χ0v) is 11.3. The minimum absolute atomic E-state index is 0.330. The number of benzene rings is 2.